The minimum atomic E-state index is -0.0474. The van der Waals surface area contributed by atoms with Crippen LogP contribution in [0.2, 0.25) is 0 Å². The molecule has 1 aliphatic heterocycles. The molecule has 4 heterocycles. The Bertz CT molecular complexity index is 1160. The van der Waals surface area contributed by atoms with Crippen LogP contribution in [0.25, 0.3) is 11.0 Å². The van der Waals surface area contributed by atoms with E-state index in [-0.39, 0.29) is 5.91 Å². The van der Waals surface area contributed by atoms with Crippen molar-refractivity contribution in [3.8, 4) is 0 Å². The molecule has 5 rings (SSSR count). The zero-order valence-electron chi connectivity index (χ0n) is 15.5. The molecule has 1 aromatic carbocycles. The highest BCUT2D eigenvalue weighted by Crippen LogP contribution is 2.23. The predicted molar refractivity (Wildman–Crippen MR) is 103 cm³/mol. The van der Waals surface area contributed by atoms with Gasteiger partial charge in [-0.15, -0.1) is 0 Å². The Labute approximate surface area is 161 Å². The van der Waals surface area contributed by atoms with E-state index in [1.807, 2.05) is 31.3 Å². The summed E-state index contributed by atoms with van der Waals surface area (Å²) in [6, 6.07) is 12.0. The molecule has 1 aliphatic rings. The van der Waals surface area contributed by atoms with Crippen molar-refractivity contribution in [2.75, 3.05) is 6.54 Å². The lowest BCUT2D eigenvalue weighted by molar-refractivity contribution is 0.0727. The Hall–Kier alpha value is -3.48. The molecule has 0 N–H and O–H groups in total. The average Bonchev–Trinajstić information content (AvgIpc) is 3.30. The third-order valence-corrected chi connectivity index (χ3v) is 5.10. The van der Waals surface area contributed by atoms with Gasteiger partial charge in [0.15, 0.2) is 5.89 Å². The van der Waals surface area contributed by atoms with Crippen molar-refractivity contribution in [2.45, 2.75) is 19.4 Å². The van der Waals surface area contributed by atoms with E-state index in [1.165, 1.54) is 0 Å². The summed E-state index contributed by atoms with van der Waals surface area (Å²) in [7, 11) is 1.84. The molecule has 0 saturated heterocycles. The molecule has 0 atom stereocenters. The van der Waals surface area contributed by atoms with Crippen molar-refractivity contribution in [1.82, 2.24) is 24.6 Å². The number of fused-ring (bicyclic) bond motifs is 2. The maximum Gasteiger partial charge on any atom is 0.255 e. The predicted octanol–water partition coefficient (Wildman–Crippen LogP) is 2.75. The first kappa shape index (κ1) is 16.7. The van der Waals surface area contributed by atoms with Crippen molar-refractivity contribution in [2.24, 2.45) is 7.05 Å². The molecule has 4 aromatic rings. The molecule has 0 radical (unpaired) electrons. The van der Waals surface area contributed by atoms with E-state index in [0.717, 1.165) is 28.1 Å². The second-order valence-corrected chi connectivity index (χ2v) is 7.01. The van der Waals surface area contributed by atoms with Gasteiger partial charge in [0, 0.05) is 32.6 Å². The van der Waals surface area contributed by atoms with Crippen LogP contribution in [0, 0.1) is 0 Å². The van der Waals surface area contributed by atoms with Gasteiger partial charge in [0.05, 0.1) is 23.8 Å². The number of aromatic nitrogens is 4. The van der Waals surface area contributed by atoms with E-state index >= 15 is 0 Å². The number of aryl methyl sites for hydroxylation is 1. The molecule has 0 fully saturated rings. The topological polar surface area (TPSA) is 77.0 Å². The number of benzene rings is 1. The highest BCUT2D eigenvalue weighted by atomic mass is 16.4. The Morgan fingerprint density at radius 3 is 2.93 bits per heavy atom. The Kier molecular flexibility index (Phi) is 3.93. The van der Waals surface area contributed by atoms with Crippen molar-refractivity contribution in [1.29, 1.82) is 0 Å². The van der Waals surface area contributed by atoms with Crippen LogP contribution >= 0.6 is 0 Å². The Balaban J connectivity index is 1.36. The molecule has 0 unspecified atom stereocenters. The molecule has 7 heteroatoms. The van der Waals surface area contributed by atoms with Crippen molar-refractivity contribution in [3.05, 3.63) is 77.3 Å². The van der Waals surface area contributed by atoms with E-state index in [1.54, 1.807) is 22.0 Å². The van der Waals surface area contributed by atoms with Crippen LogP contribution < -0.4 is 0 Å². The molecule has 3 aromatic heterocycles. The van der Waals surface area contributed by atoms with E-state index in [9.17, 15) is 4.79 Å². The molecule has 0 spiro atoms. The SMILES string of the molecule is Cn1ncc2ncc(C(=O)N3CCc4oc(Cc5ccccc5)nc4C3)cc21. The lowest BCUT2D eigenvalue weighted by atomic mass is 10.1. The second kappa shape index (κ2) is 6.60. The Morgan fingerprint density at radius 1 is 1.21 bits per heavy atom. The maximum atomic E-state index is 13.0. The smallest absolute Gasteiger partial charge is 0.255 e. The molecule has 28 heavy (non-hydrogen) atoms. The fourth-order valence-corrected chi connectivity index (χ4v) is 3.60. The summed E-state index contributed by atoms with van der Waals surface area (Å²) in [5.74, 6) is 1.53. The minimum absolute atomic E-state index is 0.0474. The van der Waals surface area contributed by atoms with Crippen LogP contribution in [0.5, 0.6) is 0 Å². The van der Waals surface area contributed by atoms with Crippen molar-refractivity contribution < 1.29 is 9.21 Å². The van der Waals surface area contributed by atoms with Crippen LogP contribution in [0.1, 0.15) is 33.3 Å². The fourth-order valence-electron chi connectivity index (χ4n) is 3.60. The van der Waals surface area contributed by atoms with Gasteiger partial charge in [-0.05, 0) is 11.6 Å². The molecule has 0 aliphatic carbocycles. The molecular weight excluding hydrogens is 354 g/mol. The van der Waals surface area contributed by atoms with E-state index in [0.29, 0.717) is 37.4 Å². The minimum Gasteiger partial charge on any atom is -0.445 e. The molecule has 0 bridgehead atoms. The van der Waals surface area contributed by atoms with E-state index < -0.39 is 0 Å². The van der Waals surface area contributed by atoms with Crippen LogP contribution in [0.15, 0.2) is 53.2 Å². The van der Waals surface area contributed by atoms with Crippen molar-refractivity contribution in [3.63, 3.8) is 0 Å². The number of amides is 1. The summed E-state index contributed by atoms with van der Waals surface area (Å²) in [5, 5.41) is 4.18. The number of hydrogen-bond donors (Lipinski definition) is 0. The van der Waals surface area contributed by atoms with Gasteiger partial charge in [-0.2, -0.15) is 5.10 Å². The van der Waals surface area contributed by atoms with Gasteiger partial charge in [-0.1, -0.05) is 30.3 Å². The lowest BCUT2D eigenvalue weighted by Gasteiger charge is -2.25. The number of nitrogens with zero attached hydrogens (tertiary/aromatic N) is 5. The third-order valence-electron chi connectivity index (χ3n) is 5.10. The lowest BCUT2D eigenvalue weighted by Crippen LogP contribution is -2.35. The number of pyridine rings is 1. The van der Waals surface area contributed by atoms with Crippen LogP contribution in [-0.2, 0) is 26.4 Å². The molecular formula is C21H19N5O2. The number of carbonyl (C=O) groups excluding carboxylic acids is 1. The molecule has 7 nitrogen and oxygen atoms in total. The van der Waals surface area contributed by atoms with E-state index in [4.69, 9.17) is 4.42 Å². The normalized spacial score (nSPS) is 13.7. The highest BCUT2D eigenvalue weighted by molar-refractivity contribution is 5.96. The van der Waals surface area contributed by atoms with Gasteiger partial charge in [0.2, 0.25) is 0 Å². The summed E-state index contributed by atoms with van der Waals surface area (Å²) in [5.41, 5.74) is 4.19. The van der Waals surface area contributed by atoms with Crippen molar-refractivity contribution >= 4 is 16.9 Å². The van der Waals surface area contributed by atoms with Gasteiger partial charge in [-0.3, -0.25) is 14.5 Å². The van der Waals surface area contributed by atoms with Gasteiger partial charge >= 0.3 is 0 Å². The summed E-state index contributed by atoms with van der Waals surface area (Å²) in [6.45, 7) is 1.06. The summed E-state index contributed by atoms with van der Waals surface area (Å²) < 4.78 is 7.66. The third kappa shape index (κ3) is 2.94. The van der Waals surface area contributed by atoms with Gasteiger partial charge in [0.25, 0.3) is 5.91 Å². The first-order valence-corrected chi connectivity index (χ1v) is 9.26. The van der Waals surface area contributed by atoms with E-state index in [2.05, 4.69) is 27.2 Å². The average molecular weight is 373 g/mol. The number of rotatable bonds is 3. The summed E-state index contributed by atoms with van der Waals surface area (Å²) in [4.78, 5) is 23.8. The zero-order valence-corrected chi connectivity index (χ0v) is 15.5. The maximum absolute atomic E-state index is 13.0. The fraction of sp³-hybridized carbons (Fsp3) is 0.238. The highest BCUT2D eigenvalue weighted by Gasteiger charge is 2.26. The van der Waals surface area contributed by atoms with Crippen LogP contribution in [-0.4, -0.2) is 37.1 Å². The monoisotopic (exact) mass is 373 g/mol. The zero-order chi connectivity index (χ0) is 19.1. The number of carbonyl (C=O) groups is 1. The van der Waals surface area contributed by atoms with Gasteiger partial charge < -0.3 is 9.32 Å². The summed E-state index contributed by atoms with van der Waals surface area (Å²) >= 11 is 0. The van der Waals surface area contributed by atoms with Crippen LogP contribution in [0.3, 0.4) is 0 Å². The first-order valence-electron chi connectivity index (χ1n) is 9.26. The largest absolute Gasteiger partial charge is 0.445 e. The number of hydrogen-bond acceptors (Lipinski definition) is 5. The molecule has 0 saturated carbocycles. The number of oxazole rings is 1. The van der Waals surface area contributed by atoms with Crippen LogP contribution in [0.4, 0.5) is 0 Å². The summed E-state index contributed by atoms with van der Waals surface area (Å²) in [6.07, 6.45) is 4.64. The van der Waals surface area contributed by atoms with Gasteiger partial charge in [0.1, 0.15) is 17.0 Å². The second-order valence-electron chi connectivity index (χ2n) is 7.01. The standard InChI is InChI=1S/C21H19N5O2/c1-25-18-10-15(11-22-16(18)12-23-25)21(27)26-8-7-19-17(13-26)24-20(28-19)9-14-5-3-2-4-6-14/h2-6,10-12H,7-9,13H2,1H3. The van der Waals surface area contributed by atoms with Gasteiger partial charge in [-0.25, -0.2) is 4.98 Å². The first-order chi connectivity index (χ1) is 13.7. The Morgan fingerprint density at radius 2 is 2.07 bits per heavy atom. The quantitative estimate of drug-likeness (QED) is 0.552. The molecule has 140 valence electrons. The molecule has 1 amide bonds.